The summed E-state index contributed by atoms with van der Waals surface area (Å²) in [6.07, 6.45) is 3.70. The van der Waals surface area contributed by atoms with Crippen LogP contribution in [0.5, 0.6) is 11.5 Å². The number of nitrogens with zero attached hydrogens (tertiary/aromatic N) is 3. The molecule has 3 aromatic rings. The first-order valence-corrected chi connectivity index (χ1v) is 9.37. The van der Waals surface area contributed by atoms with Gasteiger partial charge in [-0.15, -0.1) is 0 Å². The number of hydrogen-bond donors (Lipinski definition) is 0. The average molecular weight is 477 g/mol. The molecule has 27 heavy (non-hydrogen) atoms. The lowest BCUT2D eigenvalue weighted by Gasteiger charge is -2.18. The van der Waals surface area contributed by atoms with Crippen molar-refractivity contribution in [3.8, 4) is 17.2 Å². The highest BCUT2D eigenvalue weighted by molar-refractivity contribution is 14.1. The molecule has 0 unspecified atom stereocenters. The minimum atomic E-state index is -0.0900. The van der Waals surface area contributed by atoms with Gasteiger partial charge in [-0.3, -0.25) is 4.79 Å². The second-order valence-electron chi connectivity index (χ2n) is 5.98. The summed E-state index contributed by atoms with van der Waals surface area (Å²) in [6, 6.07) is 13.4. The number of carbonyl (C=O) groups is 1. The summed E-state index contributed by atoms with van der Waals surface area (Å²) in [5.74, 6) is 1.05. The molecule has 0 spiro atoms. The molecule has 0 N–H and O–H groups in total. The van der Waals surface area contributed by atoms with Crippen LogP contribution < -0.4 is 9.47 Å². The molecule has 0 aliphatic heterocycles. The van der Waals surface area contributed by atoms with Crippen LogP contribution in [-0.2, 0) is 6.54 Å². The van der Waals surface area contributed by atoms with Crippen LogP contribution in [0.4, 0.5) is 0 Å². The lowest BCUT2D eigenvalue weighted by Crippen LogP contribution is -2.26. The Morgan fingerprint density at radius 1 is 1.15 bits per heavy atom. The quantitative estimate of drug-likeness (QED) is 0.508. The standard InChI is InChI=1S/C20H20IN3O3/c1-23(12-14-11-22-24(13-14)15-7-5-4-6-8-15)20(25)16-9-18(26-2)19(27-3)10-17(16)21/h4-11,13H,12H2,1-3H3. The van der Waals surface area contributed by atoms with Crippen LogP contribution in [0.15, 0.2) is 54.9 Å². The number of para-hydroxylation sites is 1. The molecule has 6 nitrogen and oxygen atoms in total. The van der Waals surface area contributed by atoms with Crippen LogP contribution >= 0.6 is 22.6 Å². The molecule has 1 amide bonds. The van der Waals surface area contributed by atoms with Crippen molar-refractivity contribution in [2.75, 3.05) is 21.3 Å². The van der Waals surface area contributed by atoms with Crippen molar-refractivity contribution < 1.29 is 14.3 Å². The number of ether oxygens (including phenoxy) is 2. The van der Waals surface area contributed by atoms with Crippen LogP contribution in [0.3, 0.4) is 0 Å². The Balaban J connectivity index is 1.78. The van der Waals surface area contributed by atoms with E-state index in [1.807, 2.05) is 36.5 Å². The lowest BCUT2D eigenvalue weighted by molar-refractivity contribution is 0.0783. The van der Waals surface area contributed by atoms with Crippen molar-refractivity contribution in [2.45, 2.75) is 6.54 Å². The number of carbonyl (C=O) groups excluding carboxylic acids is 1. The van der Waals surface area contributed by atoms with Gasteiger partial charge in [-0.05, 0) is 46.9 Å². The monoisotopic (exact) mass is 477 g/mol. The van der Waals surface area contributed by atoms with E-state index in [1.165, 1.54) is 0 Å². The third kappa shape index (κ3) is 4.24. The van der Waals surface area contributed by atoms with E-state index in [2.05, 4.69) is 27.7 Å². The van der Waals surface area contributed by atoms with Gasteiger partial charge in [0.1, 0.15) is 0 Å². The van der Waals surface area contributed by atoms with E-state index in [4.69, 9.17) is 9.47 Å². The summed E-state index contributed by atoms with van der Waals surface area (Å²) >= 11 is 2.13. The van der Waals surface area contributed by atoms with Crippen molar-refractivity contribution in [1.82, 2.24) is 14.7 Å². The van der Waals surface area contributed by atoms with E-state index >= 15 is 0 Å². The fraction of sp³-hybridized carbons (Fsp3) is 0.200. The summed E-state index contributed by atoms with van der Waals surface area (Å²) in [7, 11) is 4.90. The summed E-state index contributed by atoms with van der Waals surface area (Å²) in [5, 5.41) is 4.38. The van der Waals surface area contributed by atoms with Gasteiger partial charge in [-0.1, -0.05) is 18.2 Å². The summed E-state index contributed by atoms with van der Waals surface area (Å²) in [5.41, 5.74) is 2.50. The van der Waals surface area contributed by atoms with Gasteiger partial charge < -0.3 is 14.4 Å². The number of rotatable bonds is 6. The van der Waals surface area contributed by atoms with E-state index < -0.39 is 0 Å². The molecule has 0 fully saturated rings. The normalized spacial score (nSPS) is 10.5. The minimum Gasteiger partial charge on any atom is -0.493 e. The fourth-order valence-corrected chi connectivity index (χ4v) is 3.40. The van der Waals surface area contributed by atoms with E-state index in [0.717, 1.165) is 14.8 Å². The van der Waals surface area contributed by atoms with E-state index in [-0.39, 0.29) is 5.91 Å². The zero-order valence-corrected chi connectivity index (χ0v) is 17.5. The van der Waals surface area contributed by atoms with Crippen molar-refractivity contribution in [3.05, 3.63) is 69.6 Å². The number of amides is 1. The zero-order chi connectivity index (χ0) is 19.4. The van der Waals surface area contributed by atoms with Gasteiger partial charge in [0, 0.05) is 28.9 Å². The van der Waals surface area contributed by atoms with Crippen LogP contribution in [0, 0.1) is 3.57 Å². The maximum absolute atomic E-state index is 12.9. The zero-order valence-electron chi connectivity index (χ0n) is 15.3. The predicted octanol–water partition coefficient (Wildman–Crippen LogP) is 3.77. The summed E-state index contributed by atoms with van der Waals surface area (Å²) < 4.78 is 13.2. The topological polar surface area (TPSA) is 56.6 Å². The number of benzene rings is 2. The van der Waals surface area contributed by atoms with Crippen LogP contribution in [-0.4, -0.2) is 41.9 Å². The van der Waals surface area contributed by atoms with Crippen molar-refractivity contribution in [3.63, 3.8) is 0 Å². The van der Waals surface area contributed by atoms with Gasteiger partial charge >= 0.3 is 0 Å². The number of hydrogen-bond acceptors (Lipinski definition) is 4. The van der Waals surface area contributed by atoms with Gasteiger partial charge in [0.15, 0.2) is 11.5 Å². The molecule has 1 aromatic heterocycles. The first-order valence-electron chi connectivity index (χ1n) is 8.29. The molecule has 0 aliphatic rings. The highest BCUT2D eigenvalue weighted by Crippen LogP contribution is 2.32. The Bertz CT molecular complexity index is 941. The molecule has 3 rings (SSSR count). The highest BCUT2D eigenvalue weighted by atomic mass is 127. The van der Waals surface area contributed by atoms with Crippen molar-refractivity contribution >= 4 is 28.5 Å². The van der Waals surface area contributed by atoms with Gasteiger partial charge in [-0.25, -0.2) is 4.68 Å². The van der Waals surface area contributed by atoms with Crippen molar-refractivity contribution in [2.24, 2.45) is 0 Å². The Morgan fingerprint density at radius 2 is 1.81 bits per heavy atom. The molecule has 1 heterocycles. The van der Waals surface area contributed by atoms with Crippen LogP contribution in [0.1, 0.15) is 15.9 Å². The smallest absolute Gasteiger partial charge is 0.255 e. The van der Waals surface area contributed by atoms with Gasteiger partial charge in [0.2, 0.25) is 0 Å². The van der Waals surface area contributed by atoms with E-state index in [0.29, 0.717) is 23.6 Å². The Morgan fingerprint density at radius 3 is 2.48 bits per heavy atom. The largest absolute Gasteiger partial charge is 0.493 e. The fourth-order valence-electron chi connectivity index (χ4n) is 2.73. The molecular weight excluding hydrogens is 457 g/mol. The minimum absolute atomic E-state index is 0.0900. The van der Waals surface area contributed by atoms with Gasteiger partial charge in [0.05, 0.1) is 31.7 Å². The Kier molecular flexibility index (Phi) is 6.00. The summed E-state index contributed by atoms with van der Waals surface area (Å²) in [4.78, 5) is 14.6. The third-order valence-electron chi connectivity index (χ3n) is 4.13. The lowest BCUT2D eigenvalue weighted by atomic mass is 10.1. The third-order valence-corrected chi connectivity index (χ3v) is 5.02. The van der Waals surface area contributed by atoms with Crippen molar-refractivity contribution in [1.29, 1.82) is 0 Å². The van der Waals surface area contributed by atoms with E-state index in [1.54, 1.807) is 49.2 Å². The molecule has 140 valence electrons. The van der Waals surface area contributed by atoms with E-state index in [9.17, 15) is 4.79 Å². The second kappa shape index (κ2) is 8.43. The first kappa shape index (κ1) is 19.2. The Hall–Kier alpha value is -2.55. The maximum atomic E-state index is 12.9. The van der Waals surface area contributed by atoms with Gasteiger partial charge in [0.25, 0.3) is 5.91 Å². The number of aromatic nitrogens is 2. The molecule has 7 heteroatoms. The molecule has 0 saturated carbocycles. The van der Waals surface area contributed by atoms with Gasteiger partial charge in [-0.2, -0.15) is 5.10 Å². The molecule has 0 bridgehead atoms. The SMILES string of the molecule is COc1cc(I)c(C(=O)N(C)Cc2cnn(-c3ccccc3)c2)cc1OC. The van der Waals surface area contributed by atoms with Crippen LogP contribution in [0.2, 0.25) is 0 Å². The summed E-state index contributed by atoms with van der Waals surface area (Å²) in [6.45, 7) is 0.454. The molecule has 2 aromatic carbocycles. The van der Waals surface area contributed by atoms with Crippen LogP contribution in [0.25, 0.3) is 5.69 Å². The Labute approximate surface area is 171 Å². The molecule has 0 atom stereocenters. The highest BCUT2D eigenvalue weighted by Gasteiger charge is 2.19. The molecule has 0 aliphatic carbocycles. The number of halogens is 1. The second-order valence-corrected chi connectivity index (χ2v) is 7.14. The molecule has 0 saturated heterocycles. The molecular formula is C20H20IN3O3. The number of methoxy groups -OCH3 is 2. The molecule has 0 radical (unpaired) electrons. The average Bonchev–Trinajstić information content (AvgIpc) is 3.16. The first-order chi connectivity index (χ1) is 13.0. The predicted molar refractivity (Wildman–Crippen MR) is 112 cm³/mol. The maximum Gasteiger partial charge on any atom is 0.255 e.